The molecule has 0 aliphatic carbocycles. The van der Waals surface area contributed by atoms with E-state index in [0.29, 0.717) is 6.42 Å². The predicted molar refractivity (Wildman–Crippen MR) is 81.9 cm³/mol. The van der Waals surface area contributed by atoms with Crippen molar-refractivity contribution in [2.24, 2.45) is 0 Å². The summed E-state index contributed by atoms with van der Waals surface area (Å²) in [6, 6.07) is 19.1. The normalized spacial score (nSPS) is 15.3. The summed E-state index contributed by atoms with van der Waals surface area (Å²) < 4.78 is 22.1. The summed E-state index contributed by atoms with van der Waals surface area (Å²) in [4.78, 5) is 9.74. The van der Waals surface area contributed by atoms with Crippen LogP contribution in [0.2, 0.25) is 0 Å². The van der Waals surface area contributed by atoms with E-state index in [0.717, 1.165) is 11.1 Å². The van der Waals surface area contributed by atoms with Crippen molar-refractivity contribution in [1.82, 2.24) is 0 Å². The molecule has 21 heavy (non-hydrogen) atoms. The Morgan fingerprint density at radius 3 is 2.19 bits per heavy atom. The fourth-order valence-corrected chi connectivity index (χ4v) is 2.97. The van der Waals surface area contributed by atoms with Crippen molar-refractivity contribution in [3.8, 4) is 0 Å². The van der Waals surface area contributed by atoms with Gasteiger partial charge in [0.2, 0.25) is 0 Å². The number of benzene rings is 2. The maximum atomic E-state index is 11.9. The van der Waals surface area contributed by atoms with Gasteiger partial charge in [0, 0.05) is 6.42 Å². The number of hydrogen-bond acceptors (Lipinski definition) is 3. The highest BCUT2D eigenvalue weighted by Crippen LogP contribution is 2.48. The molecular weight excluding hydrogens is 287 g/mol. The van der Waals surface area contributed by atoms with Gasteiger partial charge in [0.05, 0.1) is 12.7 Å². The second-order valence-corrected chi connectivity index (χ2v) is 5.99. The average Bonchev–Trinajstić information content (AvgIpc) is 2.48. The van der Waals surface area contributed by atoms with Crippen LogP contribution < -0.4 is 0 Å². The summed E-state index contributed by atoms with van der Waals surface area (Å²) in [5, 5.41) is 0. The lowest BCUT2D eigenvalue weighted by atomic mass is 10.0. The van der Waals surface area contributed by atoms with E-state index in [-0.39, 0.29) is 6.61 Å². The smallest absolute Gasteiger partial charge is 0.302 e. The molecule has 0 amide bonds. The van der Waals surface area contributed by atoms with Crippen LogP contribution in [0.25, 0.3) is 0 Å². The van der Waals surface area contributed by atoms with Crippen LogP contribution in [0, 0.1) is 0 Å². The lowest BCUT2D eigenvalue weighted by Crippen LogP contribution is -2.08. The van der Waals surface area contributed by atoms with Gasteiger partial charge in [0.25, 0.3) is 0 Å². The molecule has 0 spiro atoms. The quantitative estimate of drug-likeness (QED) is 0.782. The molecule has 0 aliphatic rings. The van der Waals surface area contributed by atoms with Crippen LogP contribution >= 0.6 is 7.82 Å². The zero-order chi connectivity index (χ0) is 15.1. The summed E-state index contributed by atoms with van der Waals surface area (Å²) in [5.41, 5.74) is 1.87. The van der Waals surface area contributed by atoms with E-state index in [1.54, 1.807) is 6.92 Å². The van der Waals surface area contributed by atoms with Crippen LogP contribution in [0.1, 0.15) is 24.2 Å². The van der Waals surface area contributed by atoms with Gasteiger partial charge >= 0.3 is 7.82 Å². The molecule has 2 aromatic carbocycles. The van der Waals surface area contributed by atoms with Gasteiger partial charge in [0.1, 0.15) is 0 Å². The fraction of sp³-hybridized carbons (Fsp3) is 0.250. The van der Waals surface area contributed by atoms with Crippen molar-refractivity contribution >= 4 is 7.82 Å². The first kappa shape index (κ1) is 15.9. The summed E-state index contributed by atoms with van der Waals surface area (Å²) in [6.07, 6.45) is -0.0290. The molecule has 4 nitrogen and oxygen atoms in total. The lowest BCUT2D eigenvalue weighted by Gasteiger charge is -2.21. The van der Waals surface area contributed by atoms with Gasteiger partial charge in [0.15, 0.2) is 0 Å². The molecule has 0 saturated heterocycles. The molecule has 0 aliphatic heterocycles. The topological polar surface area (TPSA) is 55.8 Å². The largest absolute Gasteiger partial charge is 0.472 e. The fourth-order valence-electron chi connectivity index (χ4n) is 2.07. The Labute approximate surface area is 125 Å². The van der Waals surface area contributed by atoms with E-state index in [2.05, 4.69) is 0 Å². The Hall–Kier alpha value is -1.45. The molecule has 112 valence electrons. The average molecular weight is 306 g/mol. The third-order valence-corrected chi connectivity index (χ3v) is 4.09. The summed E-state index contributed by atoms with van der Waals surface area (Å²) in [6.45, 7) is 1.78. The number of phosphoric ester groups is 1. The molecule has 2 atom stereocenters. The van der Waals surface area contributed by atoms with Crippen LogP contribution in [0.3, 0.4) is 0 Å². The van der Waals surface area contributed by atoms with Crippen molar-refractivity contribution in [1.29, 1.82) is 0 Å². The maximum Gasteiger partial charge on any atom is 0.472 e. The molecule has 5 heteroatoms. The van der Waals surface area contributed by atoms with Gasteiger partial charge < -0.3 is 4.89 Å². The maximum absolute atomic E-state index is 11.9. The predicted octanol–water partition coefficient (Wildman–Crippen LogP) is 4.12. The van der Waals surface area contributed by atoms with Gasteiger partial charge in [-0.3, -0.25) is 9.05 Å². The second-order valence-electron chi connectivity index (χ2n) is 4.58. The highest BCUT2D eigenvalue weighted by atomic mass is 31.2. The van der Waals surface area contributed by atoms with E-state index in [9.17, 15) is 9.46 Å². The van der Waals surface area contributed by atoms with Crippen molar-refractivity contribution in [3.05, 3.63) is 71.8 Å². The van der Waals surface area contributed by atoms with Gasteiger partial charge in [-0.25, -0.2) is 4.57 Å². The molecular formula is C16H19O4P. The summed E-state index contributed by atoms with van der Waals surface area (Å²) in [7, 11) is -4.05. The molecule has 1 N–H and O–H groups in total. The SMILES string of the molecule is CCOP(=O)(O)OC(Cc1ccccc1)c1ccccc1. The first-order valence-corrected chi connectivity index (χ1v) is 8.35. The van der Waals surface area contributed by atoms with Crippen molar-refractivity contribution in [2.75, 3.05) is 6.61 Å². The minimum atomic E-state index is -4.05. The third kappa shape index (κ3) is 5.10. The van der Waals surface area contributed by atoms with Crippen molar-refractivity contribution < 1.29 is 18.5 Å². The summed E-state index contributed by atoms with van der Waals surface area (Å²) >= 11 is 0. The molecule has 0 heterocycles. The Kier molecular flexibility index (Phi) is 5.71. The Bertz CT molecular complexity index is 586. The van der Waals surface area contributed by atoms with E-state index < -0.39 is 13.9 Å². The number of phosphoric acid groups is 1. The Morgan fingerprint density at radius 1 is 1.05 bits per heavy atom. The molecule has 2 unspecified atom stereocenters. The monoisotopic (exact) mass is 306 g/mol. The summed E-state index contributed by atoms with van der Waals surface area (Å²) in [5.74, 6) is 0. The zero-order valence-corrected chi connectivity index (χ0v) is 12.8. The van der Waals surface area contributed by atoms with E-state index >= 15 is 0 Å². The van der Waals surface area contributed by atoms with Crippen LogP contribution in [0.5, 0.6) is 0 Å². The first-order valence-electron chi connectivity index (χ1n) is 6.85. The first-order chi connectivity index (χ1) is 10.1. The molecule has 0 radical (unpaired) electrons. The van der Waals surface area contributed by atoms with Crippen LogP contribution in [-0.2, 0) is 20.0 Å². The van der Waals surface area contributed by atoms with Crippen molar-refractivity contribution in [3.63, 3.8) is 0 Å². The molecule has 0 fully saturated rings. The number of rotatable bonds is 7. The minimum Gasteiger partial charge on any atom is -0.302 e. The van der Waals surface area contributed by atoms with E-state index in [4.69, 9.17) is 9.05 Å². The van der Waals surface area contributed by atoms with Gasteiger partial charge in [-0.15, -0.1) is 0 Å². The molecule has 0 saturated carbocycles. The molecule has 0 aromatic heterocycles. The Morgan fingerprint density at radius 2 is 1.62 bits per heavy atom. The van der Waals surface area contributed by atoms with Crippen LogP contribution in [-0.4, -0.2) is 11.5 Å². The standard InChI is InChI=1S/C16H19O4P/c1-2-19-21(17,18)20-16(15-11-7-4-8-12-15)13-14-9-5-3-6-10-14/h3-12,16H,2,13H2,1H3,(H,17,18). The van der Waals surface area contributed by atoms with Gasteiger partial charge in [-0.05, 0) is 18.1 Å². The lowest BCUT2D eigenvalue weighted by molar-refractivity contribution is 0.107. The highest BCUT2D eigenvalue weighted by Gasteiger charge is 2.27. The highest BCUT2D eigenvalue weighted by molar-refractivity contribution is 7.47. The van der Waals surface area contributed by atoms with Gasteiger partial charge in [-0.2, -0.15) is 0 Å². The van der Waals surface area contributed by atoms with Gasteiger partial charge in [-0.1, -0.05) is 60.7 Å². The van der Waals surface area contributed by atoms with Crippen molar-refractivity contribution in [2.45, 2.75) is 19.4 Å². The number of hydrogen-bond donors (Lipinski definition) is 1. The third-order valence-electron chi connectivity index (χ3n) is 2.99. The minimum absolute atomic E-state index is 0.126. The zero-order valence-electron chi connectivity index (χ0n) is 11.9. The van der Waals surface area contributed by atoms with E-state index in [1.165, 1.54) is 0 Å². The molecule has 2 rings (SSSR count). The second kappa shape index (κ2) is 7.53. The van der Waals surface area contributed by atoms with Crippen LogP contribution in [0.4, 0.5) is 0 Å². The molecule has 2 aromatic rings. The van der Waals surface area contributed by atoms with Crippen LogP contribution in [0.15, 0.2) is 60.7 Å². The van der Waals surface area contributed by atoms with E-state index in [1.807, 2.05) is 60.7 Å². The Balaban J connectivity index is 2.21. The molecule has 0 bridgehead atoms.